The Morgan fingerprint density at radius 1 is 1.03 bits per heavy atom. The molecule has 180 valence electrons. The van der Waals surface area contributed by atoms with Gasteiger partial charge in [-0.3, -0.25) is 9.69 Å². The molecule has 2 aromatic carbocycles. The Hall–Kier alpha value is -2.04. The smallest absolute Gasteiger partial charge is 0.282 e. The number of likely N-dealkylation sites (tertiary alicyclic amines) is 1. The van der Waals surface area contributed by atoms with Crippen molar-refractivity contribution in [2.24, 2.45) is 0 Å². The molecule has 0 spiro atoms. The van der Waals surface area contributed by atoms with Crippen molar-refractivity contribution in [3.8, 4) is 0 Å². The van der Waals surface area contributed by atoms with Gasteiger partial charge in [0.05, 0.1) is 4.90 Å². The Balaban J connectivity index is 1.25. The number of thiazole rings is 1. The van der Waals surface area contributed by atoms with E-state index in [4.69, 9.17) is 11.6 Å². The fourth-order valence-corrected chi connectivity index (χ4v) is 7.47. The highest BCUT2D eigenvalue weighted by Crippen LogP contribution is 2.33. The van der Waals surface area contributed by atoms with Crippen molar-refractivity contribution in [2.75, 3.05) is 39.8 Å². The molecule has 0 saturated carbocycles. The van der Waals surface area contributed by atoms with Gasteiger partial charge >= 0.3 is 0 Å². The lowest BCUT2D eigenvalue weighted by Gasteiger charge is -2.33. The van der Waals surface area contributed by atoms with E-state index in [0.29, 0.717) is 29.2 Å². The average Bonchev–Trinajstić information content (AvgIpc) is 3.33. The molecule has 2 aliphatic heterocycles. The number of sulfonamides is 1. The number of nitrogens with zero attached hydrogens (tertiary/aromatic N) is 4. The van der Waals surface area contributed by atoms with E-state index in [2.05, 4.69) is 16.9 Å². The first-order valence-corrected chi connectivity index (χ1v) is 14.1. The molecule has 2 fully saturated rings. The number of benzene rings is 2. The molecule has 0 N–H and O–H groups in total. The zero-order valence-electron chi connectivity index (χ0n) is 19.0. The predicted molar refractivity (Wildman–Crippen MR) is 135 cm³/mol. The van der Waals surface area contributed by atoms with Crippen LogP contribution in [0.25, 0.3) is 10.8 Å². The maximum absolute atomic E-state index is 13.2. The maximum Gasteiger partial charge on any atom is 0.282 e. The van der Waals surface area contributed by atoms with Crippen LogP contribution in [0.4, 0.5) is 0 Å². The molecule has 0 bridgehead atoms. The molecule has 7 nitrogen and oxygen atoms in total. The highest BCUT2D eigenvalue weighted by Gasteiger charge is 2.32. The van der Waals surface area contributed by atoms with E-state index in [-0.39, 0.29) is 23.9 Å². The Labute approximate surface area is 209 Å². The predicted octanol–water partition coefficient (Wildman–Crippen LogP) is 4.25. The van der Waals surface area contributed by atoms with Crippen molar-refractivity contribution < 1.29 is 13.2 Å². The molecule has 1 aromatic heterocycles. The van der Waals surface area contributed by atoms with Crippen molar-refractivity contribution in [1.29, 1.82) is 0 Å². The molecule has 34 heavy (non-hydrogen) atoms. The number of carbonyl (C=O) groups excluding carboxylic acids is 1. The molecule has 1 unspecified atom stereocenters. The van der Waals surface area contributed by atoms with Crippen LogP contribution in [0.5, 0.6) is 0 Å². The molecule has 2 aliphatic rings. The third kappa shape index (κ3) is 4.59. The van der Waals surface area contributed by atoms with Gasteiger partial charge in [-0.25, -0.2) is 13.4 Å². The van der Waals surface area contributed by atoms with Gasteiger partial charge in [0.2, 0.25) is 10.0 Å². The summed E-state index contributed by atoms with van der Waals surface area (Å²) >= 11 is 7.50. The number of fused-ring (bicyclic) bond motifs is 1. The normalized spacial score (nSPS) is 20.6. The fourth-order valence-electron chi connectivity index (χ4n) is 4.75. The molecular formula is C24H27ClN4O3S2. The molecule has 1 atom stereocenters. The highest BCUT2D eigenvalue weighted by atomic mass is 35.5. The molecule has 5 rings (SSSR count). The van der Waals surface area contributed by atoms with E-state index in [1.165, 1.54) is 28.5 Å². The SMILES string of the molecule is CN1CCCCC1c1cnc(C(=O)N2CCN(S(=O)(=O)c3ccc4cc(Cl)ccc4c3)CC2)s1. The van der Waals surface area contributed by atoms with Crippen LogP contribution in [0.3, 0.4) is 0 Å². The third-order valence-electron chi connectivity index (χ3n) is 6.74. The minimum absolute atomic E-state index is 0.116. The van der Waals surface area contributed by atoms with Crippen LogP contribution in [-0.2, 0) is 10.0 Å². The lowest BCUT2D eigenvalue weighted by Crippen LogP contribution is -2.50. The quantitative estimate of drug-likeness (QED) is 0.516. The number of piperazine rings is 1. The molecule has 0 aliphatic carbocycles. The zero-order chi connectivity index (χ0) is 23.9. The zero-order valence-corrected chi connectivity index (χ0v) is 21.4. The summed E-state index contributed by atoms with van der Waals surface area (Å²) in [6.07, 6.45) is 5.32. The van der Waals surface area contributed by atoms with Gasteiger partial charge in [-0.05, 0) is 61.5 Å². The van der Waals surface area contributed by atoms with Crippen molar-refractivity contribution in [2.45, 2.75) is 30.2 Å². The topological polar surface area (TPSA) is 73.8 Å². The second kappa shape index (κ2) is 9.54. The van der Waals surface area contributed by atoms with E-state index in [1.54, 1.807) is 29.2 Å². The van der Waals surface area contributed by atoms with Gasteiger partial charge in [0.25, 0.3) is 5.91 Å². The molecule has 1 amide bonds. The fraction of sp³-hybridized carbons (Fsp3) is 0.417. The molecule has 0 radical (unpaired) electrons. The Kier molecular flexibility index (Phi) is 6.65. The van der Waals surface area contributed by atoms with Crippen LogP contribution in [0.1, 0.15) is 40.0 Å². The van der Waals surface area contributed by atoms with E-state index in [1.807, 2.05) is 18.3 Å². The Morgan fingerprint density at radius 2 is 1.76 bits per heavy atom. The first-order valence-electron chi connectivity index (χ1n) is 11.5. The number of rotatable bonds is 4. The summed E-state index contributed by atoms with van der Waals surface area (Å²) in [4.78, 5) is 22.9. The highest BCUT2D eigenvalue weighted by molar-refractivity contribution is 7.89. The lowest BCUT2D eigenvalue weighted by atomic mass is 10.0. The second-order valence-corrected chi connectivity index (χ2v) is 12.3. The Morgan fingerprint density at radius 3 is 2.53 bits per heavy atom. The van der Waals surface area contributed by atoms with Gasteiger partial charge in [0.15, 0.2) is 5.01 Å². The number of halogens is 1. The minimum atomic E-state index is -3.65. The second-order valence-electron chi connectivity index (χ2n) is 8.91. The van der Waals surface area contributed by atoms with E-state index in [9.17, 15) is 13.2 Å². The van der Waals surface area contributed by atoms with Gasteiger partial charge in [-0.1, -0.05) is 30.2 Å². The van der Waals surface area contributed by atoms with Crippen LogP contribution < -0.4 is 0 Å². The summed E-state index contributed by atoms with van der Waals surface area (Å²) in [5.41, 5.74) is 0. The number of hydrogen-bond donors (Lipinski definition) is 0. The largest absolute Gasteiger partial charge is 0.334 e. The number of carbonyl (C=O) groups is 1. The van der Waals surface area contributed by atoms with Gasteiger partial charge in [-0.2, -0.15) is 4.31 Å². The van der Waals surface area contributed by atoms with Crippen LogP contribution >= 0.6 is 22.9 Å². The van der Waals surface area contributed by atoms with Gasteiger partial charge in [0, 0.05) is 48.3 Å². The minimum Gasteiger partial charge on any atom is -0.334 e. The standard InChI is InChI=1S/C24H27ClN4O3S2/c1-27-9-3-2-4-21(27)22-16-26-23(33-22)24(30)28-10-12-29(13-11-28)34(31,32)20-8-6-17-14-19(25)7-5-18(17)15-20/h5-8,14-16,21H,2-4,9-13H2,1H3. The molecule has 10 heteroatoms. The molecule has 2 saturated heterocycles. The summed E-state index contributed by atoms with van der Waals surface area (Å²) in [5.74, 6) is -0.116. The Bertz CT molecular complexity index is 1320. The van der Waals surface area contributed by atoms with E-state index >= 15 is 0 Å². The number of aromatic nitrogens is 1. The van der Waals surface area contributed by atoms with Crippen LogP contribution in [-0.4, -0.2) is 73.2 Å². The van der Waals surface area contributed by atoms with Crippen molar-refractivity contribution in [3.63, 3.8) is 0 Å². The summed E-state index contributed by atoms with van der Waals surface area (Å²) in [6, 6.07) is 10.8. The average molecular weight is 519 g/mol. The number of amides is 1. The lowest BCUT2D eigenvalue weighted by molar-refractivity contribution is 0.0697. The van der Waals surface area contributed by atoms with Crippen molar-refractivity contribution >= 4 is 49.6 Å². The van der Waals surface area contributed by atoms with Gasteiger partial charge < -0.3 is 4.90 Å². The van der Waals surface area contributed by atoms with Gasteiger partial charge in [-0.15, -0.1) is 11.3 Å². The van der Waals surface area contributed by atoms with Crippen LogP contribution in [0.2, 0.25) is 5.02 Å². The molecule has 3 heterocycles. The van der Waals surface area contributed by atoms with Gasteiger partial charge in [0.1, 0.15) is 0 Å². The number of hydrogen-bond acceptors (Lipinski definition) is 6. The van der Waals surface area contributed by atoms with E-state index < -0.39 is 10.0 Å². The van der Waals surface area contributed by atoms with E-state index in [0.717, 1.165) is 28.6 Å². The first kappa shape index (κ1) is 23.7. The third-order valence-corrected chi connectivity index (χ3v) is 9.96. The summed E-state index contributed by atoms with van der Waals surface area (Å²) in [6.45, 7) is 2.28. The van der Waals surface area contributed by atoms with Crippen LogP contribution in [0.15, 0.2) is 47.5 Å². The summed E-state index contributed by atoms with van der Waals surface area (Å²) in [7, 11) is -1.53. The first-order chi connectivity index (χ1) is 16.3. The maximum atomic E-state index is 13.2. The number of piperidine rings is 1. The molecule has 3 aromatic rings. The van der Waals surface area contributed by atoms with Crippen molar-refractivity contribution in [3.05, 3.63) is 57.5 Å². The van der Waals surface area contributed by atoms with Crippen LogP contribution in [0, 0.1) is 0 Å². The summed E-state index contributed by atoms with van der Waals surface area (Å²) in [5, 5.41) is 2.81. The van der Waals surface area contributed by atoms with Crippen molar-refractivity contribution in [1.82, 2.24) is 19.1 Å². The monoisotopic (exact) mass is 518 g/mol. The molecular weight excluding hydrogens is 492 g/mol. The summed E-state index contributed by atoms with van der Waals surface area (Å²) < 4.78 is 27.9.